The van der Waals surface area contributed by atoms with Gasteiger partial charge in [-0.2, -0.15) is 0 Å². The molecule has 1 saturated heterocycles. The number of unbranched alkanes of at least 4 members (excludes halogenated alkanes) is 5. The van der Waals surface area contributed by atoms with Gasteiger partial charge in [0, 0.05) is 13.2 Å². The van der Waals surface area contributed by atoms with Crippen molar-refractivity contribution < 1.29 is 9.47 Å². The van der Waals surface area contributed by atoms with E-state index in [4.69, 9.17) is 9.47 Å². The van der Waals surface area contributed by atoms with Crippen molar-refractivity contribution in [3.8, 4) is 0 Å². The Balaban J connectivity index is 2.00. The summed E-state index contributed by atoms with van der Waals surface area (Å²) < 4.78 is 11.7. The molecule has 1 rings (SSSR count). The first-order valence-electron chi connectivity index (χ1n) is 7.83. The molecule has 2 heteroatoms. The lowest BCUT2D eigenvalue weighted by Crippen LogP contribution is -2.36. The van der Waals surface area contributed by atoms with Crippen LogP contribution in [0.2, 0.25) is 0 Å². The SMILES string of the molecule is C=CCCCCCCCO[C@H]1CCCO[C@@H]1CC=C. The van der Waals surface area contributed by atoms with Crippen molar-refractivity contribution >= 4 is 0 Å². The van der Waals surface area contributed by atoms with Crippen LogP contribution in [-0.4, -0.2) is 25.4 Å². The Hall–Kier alpha value is -0.600. The summed E-state index contributed by atoms with van der Waals surface area (Å²) in [7, 11) is 0. The molecule has 0 spiro atoms. The molecule has 2 nitrogen and oxygen atoms in total. The zero-order valence-corrected chi connectivity index (χ0v) is 12.3. The first-order chi connectivity index (χ1) is 9.38. The average Bonchev–Trinajstić information content (AvgIpc) is 2.44. The number of allylic oxidation sites excluding steroid dienone is 1. The Bertz CT molecular complexity index is 237. The molecule has 0 radical (unpaired) electrons. The Morgan fingerprint density at radius 1 is 1.05 bits per heavy atom. The third-order valence-electron chi connectivity index (χ3n) is 3.66. The molecule has 2 atom stereocenters. The summed E-state index contributed by atoms with van der Waals surface area (Å²) in [5.74, 6) is 0. The standard InChI is InChI=1S/C17H30O2/c1-3-5-6-7-8-9-10-14-18-17-13-11-15-19-16(17)12-4-2/h3-4,16-17H,1-2,5-15H2/t16-,17+/m1/s1. The minimum absolute atomic E-state index is 0.235. The molecule has 0 bridgehead atoms. The van der Waals surface area contributed by atoms with E-state index in [1.165, 1.54) is 32.1 Å². The molecule has 0 aromatic carbocycles. The number of hydrogen-bond donors (Lipinski definition) is 0. The van der Waals surface area contributed by atoms with Gasteiger partial charge in [-0.05, 0) is 38.5 Å². The fourth-order valence-electron chi connectivity index (χ4n) is 2.54. The topological polar surface area (TPSA) is 18.5 Å². The van der Waals surface area contributed by atoms with Crippen molar-refractivity contribution in [2.45, 2.75) is 70.0 Å². The van der Waals surface area contributed by atoms with Gasteiger partial charge in [0.15, 0.2) is 0 Å². The second-order valence-electron chi connectivity index (χ2n) is 5.33. The Labute approximate surface area is 118 Å². The fourth-order valence-corrected chi connectivity index (χ4v) is 2.54. The monoisotopic (exact) mass is 266 g/mol. The summed E-state index contributed by atoms with van der Waals surface area (Å²) in [5.41, 5.74) is 0. The molecular formula is C17H30O2. The molecule has 0 aliphatic carbocycles. The zero-order chi connectivity index (χ0) is 13.8. The number of rotatable bonds is 11. The Morgan fingerprint density at radius 2 is 1.84 bits per heavy atom. The maximum Gasteiger partial charge on any atom is 0.0870 e. The molecule has 1 heterocycles. The summed E-state index contributed by atoms with van der Waals surface area (Å²) in [6.07, 6.45) is 15.1. The van der Waals surface area contributed by atoms with Gasteiger partial charge in [0.1, 0.15) is 0 Å². The van der Waals surface area contributed by atoms with Crippen LogP contribution in [0.15, 0.2) is 25.3 Å². The molecule has 1 fully saturated rings. The highest BCUT2D eigenvalue weighted by atomic mass is 16.5. The molecule has 0 aromatic heterocycles. The highest BCUT2D eigenvalue weighted by Gasteiger charge is 2.25. The maximum absolute atomic E-state index is 5.99. The lowest BCUT2D eigenvalue weighted by molar-refractivity contribution is -0.104. The van der Waals surface area contributed by atoms with E-state index in [2.05, 4.69) is 13.2 Å². The highest BCUT2D eigenvalue weighted by Crippen LogP contribution is 2.20. The summed E-state index contributed by atoms with van der Waals surface area (Å²) in [6, 6.07) is 0. The van der Waals surface area contributed by atoms with Crippen LogP contribution in [0.25, 0.3) is 0 Å². The average molecular weight is 266 g/mol. The van der Waals surface area contributed by atoms with Crippen LogP contribution >= 0.6 is 0 Å². The normalized spacial score (nSPS) is 23.2. The van der Waals surface area contributed by atoms with Gasteiger partial charge in [0.05, 0.1) is 12.2 Å². The number of ether oxygens (including phenoxy) is 2. The molecule has 110 valence electrons. The van der Waals surface area contributed by atoms with Gasteiger partial charge in [-0.3, -0.25) is 0 Å². The van der Waals surface area contributed by atoms with Gasteiger partial charge in [0.2, 0.25) is 0 Å². The van der Waals surface area contributed by atoms with Gasteiger partial charge in [-0.15, -0.1) is 13.2 Å². The van der Waals surface area contributed by atoms with E-state index in [-0.39, 0.29) is 12.2 Å². The second kappa shape index (κ2) is 11.2. The van der Waals surface area contributed by atoms with Gasteiger partial charge >= 0.3 is 0 Å². The molecule has 1 aliphatic rings. The third kappa shape index (κ3) is 7.54. The zero-order valence-electron chi connectivity index (χ0n) is 12.3. The molecule has 0 unspecified atom stereocenters. The van der Waals surface area contributed by atoms with Crippen LogP contribution in [-0.2, 0) is 9.47 Å². The van der Waals surface area contributed by atoms with Crippen LogP contribution in [0.4, 0.5) is 0 Å². The second-order valence-corrected chi connectivity index (χ2v) is 5.33. The minimum atomic E-state index is 0.235. The summed E-state index contributed by atoms with van der Waals surface area (Å²) in [4.78, 5) is 0. The summed E-state index contributed by atoms with van der Waals surface area (Å²) >= 11 is 0. The molecule has 0 N–H and O–H groups in total. The van der Waals surface area contributed by atoms with Crippen molar-refractivity contribution in [1.29, 1.82) is 0 Å². The Morgan fingerprint density at radius 3 is 2.63 bits per heavy atom. The molecule has 0 saturated carbocycles. The van der Waals surface area contributed by atoms with E-state index < -0.39 is 0 Å². The first-order valence-corrected chi connectivity index (χ1v) is 7.83. The predicted octanol–water partition coefficient (Wildman–Crippen LogP) is 4.65. The van der Waals surface area contributed by atoms with Gasteiger partial charge in [-0.1, -0.05) is 31.4 Å². The molecule has 19 heavy (non-hydrogen) atoms. The van der Waals surface area contributed by atoms with Crippen molar-refractivity contribution in [3.63, 3.8) is 0 Å². The van der Waals surface area contributed by atoms with Crippen LogP contribution in [0.5, 0.6) is 0 Å². The van der Waals surface area contributed by atoms with Crippen LogP contribution in [0.3, 0.4) is 0 Å². The Kier molecular flexibility index (Phi) is 9.74. The van der Waals surface area contributed by atoms with Crippen molar-refractivity contribution in [2.24, 2.45) is 0 Å². The molecule has 1 aliphatic heterocycles. The smallest absolute Gasteiger partial charge is 0.0870 e. The van der Waals surface area contributed by atoms with E-state index in [0.717, 1.165) is 38.9 Å². The fraction of sp³-hybridized carbons (Fsp3) is 0.765. The molecular weight excluding hydrogens is 236 g/mol. The summed E-state index contributed by atoms with van der Waals surface area (Å²) in [6.45, 7) is 9.29. The van der Waals surface area contributed by atoms with Crippen molar-refractivity contribution in [3.05, 3.63) is 25.3 Å². The van der Waals surface area contributed by atoms with Crippen molar-refractivity contribution in [2.75, 3.05) is 13.2 Å². The maximum atomic E-state index is 5.99. The van der Waals surface area contributed by atoms with E-state index in [0.29, 0.717) is 0 Å². The third-order valence-corrected chi connectivity index (χ3v) is 3.66. The van der Waals surface area contributed by atoms with Crippen LogP contribution in [0.1, 0.15) is 57.8 Å². The predicted molar refractivity (Wildman–Crippen MR) is 81.4 cm³/mol. The van der Waals surface area contributed by atoms with Crippen LogP contribution in [0, 0.1) is 0 Å². The molecule has 0 amide bonds. The van der Waals surface area contributed by atoms with E-state index >= 15 is 0 Å². The molecule has 0 aromatic rings. The lowest BCUT2D eigenvalue weighted by atomic mass is 10.0. The minimum Gasteiger partial charge on any atom is -0.376 e. The largest absolute Gasteiger partial charge is 0.376 e. The lowest BCUT2D eigenvalue weighted by Gasteiger charge is -2.31. The summed E-state index contributed by atoms with van der Waals surface area (Å²) in [5, 5.41) is 0. The van der Waals surface area contributed by atoms with Crippen molar-refractivity contribution in [1.82, 2.24) is 0 Å². The van der Waals surface area contributed by atoms with Gasteiger partial charge < -0.3 is 9.47 Å². The highest BCUT2D eigenvalue weighted by molar-refractivity contribution is 4.82. The van der Waals surface area contributed by atoms with Gasteiger partial charge in [-0.25, -0.2) is 0 Å². The van der Waals surface area contributed by atoms with E-state index in [1.54, 1.807) is 0 Å². The number of hydrogen-bond acceptors (Lipinski definition) is 2. The van der Waals surface area contributed by atoms with Crippen LogP contribution < -0.4 is 0 Å². The van der Waals surface area contributed by atoms with E-state index in [9.17, 15) is 0 Å². The van der Waals surface area contributed by atoms with Gasteiger partial charge in [0.25, 0.3) is 0 Å². The quantitative estimate of drug-likeness (QED) is 0.400. The van der Waals surface area contributed by atoms with E-state index in [1.807, 2.05) is 12.2 Å². The first kappa shape index (κ1) is 16.5.